The maximum Gasteiger partial charge on any atom is 0.127 e. The highest BCUT2D eigenvalue weighted by Crippen LogP contribution is 2.27. The first kappa shape index (κ1) is 18.1. The predicted molar refractivity (Wildman–Crippen MR) is 116 cm³/mol. The van der Waals surface area contributed by atoms with Crippen molar-refractivity contribution in [3.63, 3.8) is 0 Å². The van der Waals surface area contributed by atoms with E-state index >= 15 is 0 Å². The van der Waals surface area contributed by atoms with Gasteiger partial charge in [-0.15, -0.1) is 0 Å². The second-order valence-corrected chi connectivity index (χ2v) is 7.00. The number of ether oxygens (including phenoxy) is 1. The summed E-state index contributed by atoms with van der Waals surface area (Å²) in [7, 11) is 0. The Kier molecular flexibility index (Phi) is 4.48. The molecule has 0 saturated heterocycles. The van der Waals surface area contributed by atoms with Crippen molar-refractivity contribution in [2.24, 2.45) is 0 Å². The summed E-state index contributed by atoms with van der Waals surface area (Å²) in [4.78, 5) is 9.09. The Hall–Kier alpha value is -3.99. The summed E-state index contributed by atoms with van der Waals surface area (Å²) in [5.41, 5.74) is 3.88. The molecule has 0 atom stereocenters. The van der Waals surface area contributed by atoms with Crippen LogP contribution in [0.5, 0.6) is 11.5 Å². The van der Waals surface area contributed by atoms with Gasteiger partial charge in [0.25, 0.3) is 0 Å². The Morgan fingerprint density at radius 1 is 0.833 bits per heavy atom. The number of benzene rings is 3. The van der Waals surface area contributed by atoms with Gasteiger partial charge in [0, 0.05) is 29.0 Å². The molecule has 0 radical (unpaired) electrons. The standard InChI is InChI=1S/C25H18FN3O/c1-17-27-14-15-29(17)21-7-13-25-19(16-21)4-12-24(28-25)18-2-8-22(9-3-18)30-23-10-5-20(26)6-11-23/h2-16H,1H3. The molecule has 2 heterocycles. The third-order valence-electron chi connectivity index (χ3n) is 4.98. The lowest BCUT2D eigenvalue weighted by Gasteiger charge is -2.09. The minimum absolute atomic E-state index is 0.285. The van der Waals surface area contributed by atoms with Gasteiger partial charge in [0.05, 0.1) is 11.2 Å². The lowest BCUT2D eigenvalue weighted by molar-refractivity contribution is 0.480. The first-order chi connectivity index (χ1) is 14.7. The molecule has 0 bridgehead atoms. The summed E-state index contributed by atoms with van der Waals surface area (Å²) in [5, 5.41) is 1.07. The van der Waals surface area contributed by atoms with Crippen LogP contribution in [0.1, 0.15) is 5.82 Å². The Balaban J connectivity index is 1.40. The van der Waals surface area contributed by atoms with Crippen LogP contribution in [-0.4, -0.2) is 14.5 Å². The number of nitrogens with zero attached hydrogens (tertiary/aromatic N) is 3. The second kappa shape index (κ2) is 7.44. The largest absolute Gasteiger partial charge is 0.457 e. The lowest BCUT2D eigenvalue weighted by Crippen LogP contribution is -1.95. The highest BCUT2D eigenvalue weighted by atomic mass is 19.1. The van der Waals surface area contributed by atoms with Gasteiger partial charge in [0.1, 0.15) is 23.1 Å². The zero-order valence-corrected chi connectivity index (χ0v) is 16.3. The van der Waals surface area contributed by atoms with Crippen molar-refractivity contribution in [3.05, 3.63) is 103 Å². The normalized spacial score (nSPS) is 11.0. The molecule has 0 N–H and O–H groups in total. The molecule has 0 aliphatic heterocycles. The van der Waals surface area contributed by atoms with Crippen LogP contribution in [0.3, 0.4) is 0 Å². The van der Waals surface area contributed by atoms with Crippen LogP contribution in [0, 0.1) is 12.7 Å². The van der Waals surface area contributed by atoms with E-state index in [0.717, 1.165) is 33.7 Å². The summed E-state index contributed by atoms with van der Waals surface area (Å²) in [6, 6.07) is 24.0. The number of aryl methyl sites for hydroxylation is 1. The Morgan fingerprint density at radius 3 is 2.27 bits per heavy atom. The minimum atomic E-state index is -0.285. The van der Waals surface area contributed by atoms with E-state index in [4.69, 9.17) is 9.72 Å². The molecule has 30 heavy (non-hydrogen) atoms. The van der Waals surface area contributed by atoms with Gasteiger partial charge in [-0.1, -0.05) is 6.07 Å². The van der Waals surface area contributed by atoms with Crippen LogP contribution in [0.25, 0.3) is 27.8 Å². The molecular weight excluding hydrogens is 377 g/mol. The fourth-order valence-corrected chi connectivity index (χ4v) is 3.41. The van der Waals surface area contributed by atoms with Crippen molar-refractivity contribution in [1.29, 1.82) is 0 Å². The monoisotopic (exact) mass is 395 g/mol. The lowest BCUT2D eigenvalue weighted by atomic mass is 10.1. The molecule has 5 rings (SSSR count). The van der Waals surface area contributed by atoms with Crippen molar-refractivity contribution in [2.75, 3.05) is 0 Å². The SMILES string of the molecule is Cc1nccn1-c1ccc2nc(-c3ccc(Oc4ccc(F)cc4)cc3)ccc2c1. The molecule has 0 unspecified atom stereocenters. The number of fused-ring (bicyclic) bond motifs is 1. The van der Waals surface area contributed by atoms with Gasteiger partial charge in [-0.25, -0.2) is 14.4 Å². The van der Waals surface area contributed by atoms with Gasteiger partial charge >= 0.3 is 0 Å². The van der Waals surface area contributed by atoms with Gasteiger partial charge in [-0.3, -0.25) is 0 Å². The van der Waals surface area contributed by atoms with Gasteiger partial charge in [-0.05, 0) is 79.7 Å². The van der Waals surface area contributed by atoms with Crippen LogP contribution in [0.15, 0.2) is 91.3 Å². The van der Waals surface area contributed by atoms with Crippen LogP contribution in [0.2, 0.25) is 0 Å². The van der Waals surface area contributed by atoms with Crippen molar-refractivity contribution < 1.29 is 9.13 Å². The fourth-order valence-electron chi connectivity index (χ4n) is 3.41. The van der Waals surface area contributed by atoms with E-state index in [0.29, 0.717) is 11.5 Å². The average Bonchev–Trinajstić information content (AvgIpc) is 3.21. The highest BCUT2D eigenvalue weighted by molar-refractivity contribution is 5.83. The summed E-state index contributed by atoms with van der Waals surface area (Å²) in [6.07, 6.45) is 3.75. The number of hydrogen-bond donors (Lipinski definition) is 0. The molecule has 146 valence electrons. The Bertz CT molecular complexity index is 1330. The number of pyridine rings is 1. The van der Waals surface area contributed by atoms with Gasteiger partial charge in [0.2, 0.25) is 0 Å². The summed E-state index contributed by atoms with van der Waals surface area (Å²) in [6.45, 7) is 1.98. The fraction of sp³-hybridized carbons (Fsp3) is 0.0400. The first-order valence-electron chi connectivity index (χ1n) is 9.61. The second-order valence-electron chi connectivity index (χ2n) is 7.00. The Labute approximate surface area is 173 Å². The van der Waals surface area contributed by atoms with Crippen LogP contribution < -0.4 is 4.74 Å². The molecule has 2 aromatic heterocycles. The van der Waals surface area contributed by atoms with Crippen molar-refractivity contribution in [1.82, 2.24) is 14.5 Å². The molecule has 0 fully saturated rings. The molecule has 0 aliphatic rings. The van der Waals surface area contributed by atoms with Crippen molar-refractivity contribution in [2.45, 2.75) is 6.92 Å². The highest BCUT2D eigenvalue weighted by Gasteiger charge is 2.06. The van der Waals surface area contributed by atoms with Crippen molar-refractivity contribution in [3.8, 4) is 28.4 Å². The van der Waals surface area contributed by atoms with Crippen LogP contribution >= 0.6 is 0 Å². The number of aromatic nitrogens is 3. The van der Waals surface area contributed by atoms with Crippen molar-refractivity contribution >= 4 is 10.9 Å². The average molecular weight is 395 g/mol. The predicted octanol–water partition coefficient (Wildman–Crippen LogP) is 6.33. The number of imidazole rings is 1. The summed E-state index contributed by atoms with van der Waals surface area (Å²) in [5.74, 6) is 1.94. The van der Waals surface area contributed by atoms with E-state index in [9.17, 15) is 4.39 Å². The quantitative estimate of drug-likeness (QED) is 0.357. The molecule has 0 saturated carbocycles. The zero-order chi connectivity index (χ0) is 20.5. The molecule has 5 heteroatoms. The molecule has 3 aromatic carbocycles. The minimum Gasteiger partial charge on any atom is -0.457 e. The Morgan fingerprint density at radius 2 is 1.57 bits per heavy atom. The van der Waals surface area contributed by atoms with E-state index < -0.39 is 0 Å². The van der Waals surface area contributed by atoms with Gasteiger partial charge in [-0.2, -0.15) is 0 Å². The third kappa shape index (κ3) is 3.53. The van der Waals surface area contributed by atoms with E-state index in [1.807, 2.05) is 60.2 Å². The first-order valence-corrected chi connectivity index (χ1v) is 9.61. The maximum absolute atomic E-state index is 13.0. The molecule has 0 amide bonds. The van der Waals surface area contributed by atoms with Gasteiger partial charge < -0.3 is 9.30 Å². The van der Waals surface area contributed by atoms with E-state index in [2.05, 4.69) is 17.1 Å². The summed E-state index contributed by atoms with van der Waals surface area (Å²) >= 11 is 0. The maximum atomic E-state index is 13.0. The molecule has 0 aliphatic carbocycles. The molecule has 4 nitrogen and oxygen atoms in total. The number of rotatable bonds is 4. The number of halogens is 1. The third-order valence-corrected chi connectivity index (χ3v) is 4.98. The topological polar surface area (TPSA) is 39.9 Å². The van der Waals surface area contributed by atoms with Crippen LogP contribution in [0.4, 0.5) is 4.39 Å². The van der Waals surface area contributed by atoms with E-state index in [1.165, 1.54) is 12.1 Å². The zero-order valence-electron chi connectivity index (χ0n) is 16.3. The smallest absolute Gasteiger partial charge is 0.127 e. The molecular formula is C25H18FN3O. The van der Waals surface area contributed by atoms with Gasteiger partial charge in [0.15, 0.2) is 0 Å². The van der Waals surface area contributed by atoms with Crippen LogP contribution in [-0.2, 0) is 0 Å². The van der Waals surface area contributed by atoms with E-state index in [1.54, 1.807) is 18.3 Å². The molecule has 5 aromatic rings. The molecule has 0 spiro atoms. The summed E-state index contributed by atoms with van der Waals surface area (Å²) < 4.78 is 20.8. The number of hydrogen-bond acceptors (Lipinski definition) is 3. The van der Waals surface area contributed by atoms with E-state index in [-0.39, 0.29) is 5.82 Å².